The average Bonchev–Trinajstić information content (AvgIpc) is 2.62. The lowest BCUT2D eigenvalue weighted by molar-refractivity contribution is -0.122. The van der Waals surface area contributed by atoms with E-state index >= 15 is 0 Å². The molecule has 0 spiro atoms. The number of hydrogen-bond donors (Lipinski definition) is 2. The van der Waals surface area contributed by atoms with E-state index in [1.54, 1.807) is 20.0 Å². The number of amides is 2. The van der Waals surface area contributed by atoms with Crippen molar-refractivity contribution in [3.05, 3.63) is 59.7 Å². The van der Waals surface area contributed by atoms with Crippen LogP contribution in [0.15, 0.2) is 48.5 Å². The second-order valence-corrected chi connectivity index (χ2v) is 7.53. The normalized spacial score (nSPS) is 12.2. The fourth-order valence-corrected chi connectivity index (χ4v) is 2.59. The molecule has 0 heterocycles. The number of likely N-dealkylation sites (N-methyl/N-ethyl adjacent to an activating group) is 1. The van der Waals surface area contributed by atoms with Crippen LogP contribution in [0.3, 0.4) is 0 Å². The molecule has 2 amide bonds. The van der Waals surface area contributed by atoms with E-state index in [-0.39, 0.29) is 23.7 Å². The first-order valence-electron chi connectivity index (χ1n) is 9.07. The molecule has 27 heavy (non-hydrogen) atoms. The van der Waals surface area contributed by atoms with Gasteiger partial charge in [-0.3, -0.25) is 9.59 Å². The average molecular weight is 368 g/mol. The van der Waals surface area contributed by atoms with Crippen LogP contribution in [0.25, 0.3) is 0 Å². The molecule has 0 aromatic heterocycles. The van der Waals surface area contributed by atoms with E-state index in [1.807, 2.05) is 42.5 Å². The Labute approximate surface area is 161 Å². The first-order valence-corrected chi connectivity index (χ1v) is 9.07. The summed E-state index contributed by atoms with van der Waals surface area (Å²) < 4.78 is 5.83. The van der Waals surface area contributed by atoms with Crippen molar-refractivity contribution < 1.29 is 14.3 Å². The number of nitrogens with one attached hydrogen (secondary N) is 2. The van der Waals surface area contributed by atoms with Gasteiger partial charge < -0.3 is 15.4 Å². The van der Waals surface area contributed by atoms with Crippen molar-refractivity contribution >= 4 is 17.5 Å². The van der Waals surface area contributed by atoms with Gasteiger partial charge >= 0.3 is 0 Å². The summed E-state index contributed by atoms with van der Waals surface area (Å²) in [6.07, 6.45) is -0.469. The van der Waals surface area contributed by atoms with Gasteiger partial charge in [-0.1, -0.05) is 51.1 Å². The predicted octanol–water partition coefficient (Wildman–Crippen LogP) is 3.68. The Balaban J connectivity index is 2.08. The van der Waals surface area contributed by atoms with Crippen LogP contribution in [0, 0.1) is 0 Å². The maximum absolute atomic E-state index is 12.6. The third kappa shape index (κ3) is 5.84. The van der Waals surface area contributed by atoms with Crippen LogP contribution in [-0.4, -0.2) is 25.0 Å². The molecule has 0 radical (unpaired) electrons. The molecule has 1 atom stereocenters. The van der Waals surface area contributed by atoms with Crippen LogP contribution in [0.5, 0.6) is 5.75 Å². The lowest BCUT2D eigenvalue weighted by Gasteiger charge is -2.21. The third-order valence-electron chi connectivity index (χ3n) is 4.29. The van der Waals surface area contributed by atoms with Gasteiger partial charge in [0.25, 0.3) is 5.91 Å². The van der Waals surface area contributed by atoms with Crippen LogP contribution in [0.4, 0.5) is 5.69 Å². The molecule has 2 aromatic rings. The summed E-state index contributed by atoms with van der Waals surface area (Å²) in [5.74, 6) is 0.282. The van der Waals surface area contributed by atoms with E-state index in [1.165, 1.54) is 0 Å². The van der Waals surface area contributed by atoms with Crippen molar-refractivity contribution in [3.63, 3.8) is 0 Å². The molecule has 0 saturated carbocycles. The van der Waals surface area contributed by atoms with Crippen molar-refractivity contribution in [3.8, 4) is 5.75 Å². The fourth-order valence-electron chi connectivity index (χ4n) is 2.59. The first kappa shape index (κ1) is 20.5. The summed E-state index contributed by atoms with van der Waals surface area (Å²) in [6, 6.07) is 15.0. The zero-order valence-electron chi connectivity index (χ0n) is 16.6. The molecule has 5 heteroatoms. The Morgan fingerprint density at radius 1 is 1.07 bits per heavy atom. The third-order valence-corrected chi connectivity index (χ3v) is 4.29. The van der Waals surface area contributed by atoms with Crippen LogP contribution >= 0.6 is 0 Å². The minimum absolute atomic E-state index is 0.00363. The Morgan fingerprint density at radius 2 is 1.78 bits per heavy atom. The quantitative estimate of drug-likeness (QED) is 0.817. The molecule has 0 bridgehead atoms. The highest BCUT2D eigenvalue weighted by atomic mass is 16.5. The molecule has 5 nitrogen and oxygen atoms in total. The maximum Gasteiger partial charge on any atom is 0.265 e. The van der Waals surface area contributed by atoms with Crippen molar-refractivity contribution in [2.24, 2.45) is 0 Å². The van der Waals surface area contributed by atoms with Crippen LogP contribution in [0.1, 0.15) is 38.8 Å². The molecular weight excluding hydrogens is 340 g/mol. The van der Waals surface area contributed by atoms with Gasteiger partial charge in [0.1, 0.15) is 5.75 Å². The number of carbonyl (C=O) groups excluding carboxylic acids is 2. The highest BCUT2D eigenvalue weighted by molar-refractivity contribution is 5.95. The van der Waals surface area contributed by atoms with E-state index in [4.69, 9.17) is 4.74 Å². The number of anilines is 1. The molecule has 0 aliphatic carbocycles. The summed E-state index contributed by atoms with van der Waals surface area (Å²) in [5, 5.41) is 5.45. The van der Waals surface area contributed by atoms with Crippen molar-refractivity contribution in [1.82, 2.24) is 5.32 Å². The molecule has 2 aromatic carbocycles. The second kappa shape index (κ2) is 8.71. The standard InChI is InChI=1S/C22H28N2O3/c1-15(27-18-11-8-10-17(14-18)22(2,3)4)21(26)24-19-12-7-6-9-16(19)13-20(25)23-5/h6-12,14-15H,13H2,1-5H3,(H,23,25)(H,24,26). The molecule has 1 unspecified atom stereocenters. The molecular formula is C22H28N2O3. The van der Waals surface area contributed by atoms with Crippen molar-refractivity contribution in [2.45, 2.75) is 45.6 Å². The number of rotatable bonds is 6. The topological polar surface area (TPSA) is 67.4 Å². The molecule has 2 N–H and O–H groups in total. The minimum Gasteiger partial charge on any atom is -0.481 e. The largest absolute Gasteiger partial charge is 0.481 e. The van der Waals surface area contributed by atoms with Gasteiger partial charge in [-0.05, 0) is 41.7 Å². The van der Waals surface area contributed by atoms with E-state index in [0.717, 1.165) is 11.1 Å². The number of hydrogen-bond acceptors (Lipinski definition) is 3. The van der Waals surface area contributed by atoms with Crippen LogP contribution in [0.2, 0.25) is 0 Å². The first-order chi connectivity index (χ1) is 12.7. The SMILES string of the molecule is CNC(=O)Cc1ccccc1NC(=O)C(C)Oc1cccc(C(C)(C)C)c1. The molecule has 0 fully saturated rings. The van der Waals surface area contributed by atoms with E-state index in [9.17, 15) is 9.59 Å². The summed E-state index contributed by atoms with van der Waals surface area (Å²) in [4.78, 5) is 24.2. The van der Waals surface area contributed by atoms with Crippen molar-refractivity contribution in [2.75, 3.05) is 12.4 Å². The lowest BCUT2D eigenvalue weighted by atomic mass is 9.87. The van der Waals surface area contributed by atoms with Crippen LogP contribution < -0.4 is 15.4 Å². The van der Waals surface area contributed by atoms with Gasteiger partial charge in [0, 0.05) is 12.7 Å². The summed E-state index contributed by atoms with van der Waals surface area (Å²) >= 11 is 0. The number of carbonyl (C=O) groups is 2. The highest BCUT2D eigenvalue weighted by Gasteiger charge is 2.19. The Morgan fingerprint density at radius 3 is 2.44 bits per heavy atom. The van der Waals surface area contributed by atoms with Crippen LogP contribution in [-0.2, 0) is 21.4 Å². The molecule has 2 rings (SSSR count). The monoisotopic (exact) mass is 368 g/mol. The second-order valence-electron chi connectivity index (χ2n) is 7.53. The van der Waals surface area contributed by atoms with Gasteiger partial charge in [-0.2, -0.15) is 0 Å². The smallest absolute Gasteiger partial charge is 0.265 e. The maximum atomic E-state index is 12.6. The fraction of sp³-hybridized carbons (Fsp3) is 0.364. The Hall–Kier alpha value is -2.82. The molecule has 0 aliphatic heterocycles. The predicted molar refractivity (Wildman–Crippen MR) is 108 cm³/mol. The van der Waals surface area contributed by atoms with E-state index in [0.29, 0.717) is 11.4 Å². The molecule has 0 saturated heterocycles. The van der Waals surface area contributed by atoms with Crippen molar-refractivity contribution in [1.29, 1.82) is 0 Å². The van der Waals surface area contributed by atoms with Gasteiger partial charge in [0.05, 0.1) is 6.42 Å². The highest BCUT2D eigenvalue weighted by Crippen LogP contribution is 2.26. The summed E-state index contributed by atoms with van der Waals surface area (Å²) in [6.45, 7) is 8.10. The Kier molecular flexibility index (Phi) is 6.61. The summed E-state index contributed by atoms with van der Waals surface area (Å²) in [7, 11) is 1.59. The molecule has 0 aliphatic rings. The van der Waals surface area contributed by atoms with E-state index < -0.39 is 6.10 Å². The molecule has 144 valence electrons. The zero-order chi connectivity index (χ0) is 20.0. The van der Waals surface area contributed by atoms with Gasteiger partial charge in [0.2, 0.25) is 5.91 Å². The number of ether oxygens (including phenoxy) is 1. The van der Waals surface area contributed by atoms with E-state index in [2.05, 4.69) is 31.4 Å². The summed E-state index contributed by atoms with van der Waals surface area (Å²) in [5.41, 5.74) is 2.52. The minimum atomic E-state index is -0.673. The number of benzene rings is 2. The number of para-hydroxylation sites is 1. The lowest BCUT2D eigenvalue weighted by Crippen LogP contribution is -2.31. The van der Waals surface area contributed by atoms with Gasteiger partial charge in [-0.25, -0.2) is 0 Å². The van der Waals surface area contributed by atoms with Gasteiger partial charge in [-0.15, -0.1) is 0 Å². The Bertz CT molecular complexity index is 809. The zero-order valence-corrected chi connectivity index (χ0v) is 16.6. The van der Waals surface area contributed by atoms with Gasteiger partial charge in [0.15, 0.2) is 6.10 Å².